The van der Waals surface area contributed by atoms with Crippen LogP contribution in [0.4, 0.5) is 14.5 Å². The van der Waals surface area contributed by atoms with Crippen LogP contribution < -0.4 is 4.90 Å². The predicted molar refractivity (Wildman–Crippen MR) is 63.5 cm³/mol. The summed E-state index contributed by atoms with van der Waals surface area (Å²) >= 11 is 6.37. The van der Waals surface area contributed by atoms with Crippen molar-refractivity contribution in [3.8, 4) is 0 Å². The number of thiocarbonyl (C=S) groups is 1. The van der Waals surface area contributed by atoms with E-state index < -0.39 is 11.6 Å². The lowest BCUT2D eigenvalue weighted by molar-refractivity contribution is -0.117. The zero-order valence-corrected chi connectivity index (χ0v) is 9.71. The number of nitrogens with zero attached hydrogens (tertiary/aromatic N) is 1. The molecule has 0 aromatic heterocycles. The van der Waals surface area contributed by atoms with Gasteiger partial charge in [0.25, 0.3) is 0 Å². The zero-order chi connectivity index (χ0) is 11.7. The van der Waals surface area contributed by atoms with E-state index in [-0.39, 0.29) is 11.6 Å². The van der Waals surface area contributed by atoms with Gasteiger partial charge in [0.05, 0.1) is 5.69 Å². The Kier molecular flexibility index (Phi) is 3.20. The summed E-state index contributed by atoms with van der Waals surface area (Å²) in [7, 11) is 0. The molecule has 1 saturated heterocycles. The van der Waals surface area contributed by atoms with Gasteiger partial charge >= 0.3 is 0 Å². The number of hydrogen-bond donors (Lipinski definition) is 0. The van der Waals surface area contributed by atoms with Gasteiger partial charge in [-0.2, -0.15) is 0 Å². The van der Waals surface area contributed by atoms with Crippen molar-refractivity contribution in [3.63, 3.8) is 0 Å². The maximum atomic E-state index is 13.0. The van der Waals surface area contributed by atoms with Gasteiger partial charge in [-0.05, 0) is 12.1 Å². The molecule has 0 radical (unpaired) electrons. The Hall–Kier alpha value is -1.01. The molecule has 0 N–H and O–H groups in total. The Morgan fingerprint density at radius 2 is 2.06 bits per heavy atom. The second-order valence-corrected chi connectivity index (χ2v) is 4.92. The van der Waals surface area contributed by atoms with Crippen LogP contribution in [0.2, 0.25) is 0 Å². The molecule has 0 spiro atoms. The van der Waals surface area contributed by atoms with Gasteiger partial charge < -0.3 is 0 Å². The zero-order valence-electron chi connectivity index (χ0n) is 8.07. The van der Waals surface area contributed by atoms with Gasteiger partial charge in [0.15, 0.2) is 11.6 Å². The number of halogens is 2. The highest BCUT2D eigenvalue weighted by Crippen LogP contribution is 2.26. The highest BCUT2D eigenvalue weighted by molar-refractivity contribution is 8.23. The molecule has 6 heteroatoms. The molecule has 0 saturated carbocycles. The molecule has 1 aliphatic heterocycles. The quantitative estimate of drug-likeness (QED) is 0.723. The summed E-state index contributed by atoms with van der Waals surface area (Å²) in [6.45, 7) is 0. The molecule has 1 aromatic carbocycles. The molecule has 0 atom stereocenters. The largest absolute Gasteiger partial charge is 0.274 e. The van der Waals surface area contributed by atoms with Crippen molar-refractivity contribution in [2.24, 2.45) is 0 Å². The summed E-state index contributed by atoms with van der Waals surface area (Å²) in [4.78, 5) is 12.9. The number of thioether (sulfide) groups is 1. The number of carbonyl (C=O) groups excluding carboxylic acids is 1. The Labute approximate surface area is 101 Å². The van der Waals surface area contributed by atoms with Gasteiger partial charge in [-0.1, -0.05) is 24.0 Å². The van der Waals surface area contributed by atoms with Crippen molar-refractivity contribution < 1.29 is 13.6 Å². The van der Waals surface area contributed by atoms with Gasteiger partial charge in [-0.15, -0.1) is 0 Å². The molecule has 1 heterocycles. The smallest absolute Gasteiger partial charge is 0.233 e. The second kappa shape index (κ2) is 4.47. The summed E-state index contributed by atoms with van der Waals surface area (Å²) in [5, 5.41) is 0. The second-order valence-electron chi connectivity index (χ2n) is 3.19. The summed E-state index contributed by atoms with van der Waals surface area (Å²) in [6, 6.07) is 3.31. The number of hydrogen-bond acceptors (Lipinski definition) is 3. The molecule has 1 fully saturated rings. The third-order valence-corrected chi connectivity index (χ3v) is 3.51. The average molecular weight is 259 g/mol. The molecule has 84 valence electrons. The first kappa shape index (κ1) is 11.5. The third-order valence-electron chi connectivity index (χ3n) is 2.13. The van der Waals surface area contributed by atoms with Crippen molar-refractivity contribution in [1.29, 1.82) is 0 Å². The molecule has 0 bridgehead atoms. The number of carbonyl (C=O) groups is 1. The number of benzene rings is 1. The lowest BCUT2D eigenvalue weighted by Crippen LogP contribution is -2.38. The molecular weight excluding hydrogens is 252 g/mol. The SMILES string of the molecule is O=C1CCSC(=S)N1c1ccc(F)c(F)c1. The van der Waals surface area contributed by atoms with E-state index in [1.165, 1.54) is 22.7 Å². The Balaban J connectivity index is 2.38. The summed E-state index contributed by atoms with van der Waals surface area (Å²) in [5.41, 5.74) is 0.279. The molecule has 16 heavy (non-hydrogen) atoms. The van der Waals surface area contributed by atoms with Crippen LogP contribution in [-0.4, -0.2) is 16.0 Å². The maximum Gasteiger partial charge on any atom is 0.233 e. The van der Waals surface area contributed by atoms with E-state index in [0.29, 0.717) is 16.5 Å². The van der Waals surface area contributed by atoms with E-state index in [2.05, 4.69) is 0 Å². The first-order valence-electron chi connectivity index (χ1n) is 4.54. The molecule has 2 nitrogen and oxygen atoms in total. The van der Waals surface area contributed by atoms with Crippen LogP contribution in [0.15, 0.2) is 18.2 Å². The van der Waals surface area contributed by atoms with Gasteiger partial charge in [-0.3, -0.25) is 9.69 Å². The van der Waals surface area contributed by atoms with Gasteiger partial charge in [-0.25, -0.2) is 8.78 Å². The first-order chi connectivity index (χ1) is 7.59. The van der Waals surface area contributed by atoms with Crippen LogP contribution in [0.5, 0.6) is 0 Å². The van der Waals surface area contributed by atoms with Crippen molar-refractivity contribution in [1.82, 2.24) is 0 Å². The fourth-order valence-corrected chi connectivity index (χ4v) is 2.62. The van der Waals surface area contributed by atoms with Crippen LogP contribution >= 0.6 is 24.0 Å². The van der Waals surface area contributed by atoms with Gasteiger partial charge in [0, 0.05) is 18.2 Å². The van der Waals surface area contributed by atoms with Crippen LogP contribution in [0.3, 0.4) is 0 Å². The molecule has 1 aromatic rings. The van der Waals surface area contributed by atoms with E-state index in [9.17, 15) is 13.6 Å². The number of amides is 1. The molecule has 2 rings (SSSR count). The minimum atomic E-state index is -0.983. The standard InChI is InChI=1S/C10H7F2NOS2/c11-7-2-1-6(5-8(7)12)13-9(14)3-4-16-10(13)15/h1-2,5H,3-4H2. The molecular formula is C10H7F2NOS2. The molecule has 1 amide bonds. The number of anilines is 1. The topological polar surface area (TPSA) is 20.3 Å². The Morgan fingerprint density at radius 1 is 1.31 bits per heavy atom. The van der Waals surface area contributed by atoms with Crippen molar-refractivity contribution in [2.75, 3.05) is 10.7 Å². The maximum absolute atomic E-state index is 13.0. The van der Waals surface area contributed by atoms with Crippen LogP contribution in [0.25, 0.3) is 0 Å². The molecule has 1 aliphatic rings. The van der Waals surface area contributed by atoms with E-state index >= 15 is 0 Å². The molecule has 0 unspecified atom stereocenters. The fraction of sp³-hybridized carbons (Fsp3) is 0.200. The predicted octanol–water partition coefficient (Wildman–Crippen LogP) is 2.72. The van der Waals surface area contributed by atoms with Gasteiger partial charge in [0.2, 0.25) is 5.91 Å². The van der Waals surface area contributed by atoms with E-state index in [4.69, 9.17) is 12.2 Å². The Bertz CT molecular complexity index is 448. The average Bonchev–Trinajstić information content (AvgIpc) is 2.23. The minimum Gasteiger partial charge on any atom is -0.274 e. The van der Waals surface area contributed by atoms with Crippen LogP contribution in [-0.2, 0) is 4.79 Å². The van der Waals surface area contributed by atoms with E-state index in [1.807, 2.05) is 0 Å². The Morgan fingerprint density at radius 3 is 2.69 bits per heavy atom. The third kappa shape index (κ3) is 2.08. The number of rotatable bonds is 1. The van der Waals surface area contributed by atoms with E-state index in [0.717, 1.165) is 12.1 Å². The lowest BCUT2D eigenvalue weighted by atomic mass is 10.2. The monoisotopic (exact) mass is 259 g/mol. The van der Waals surface area contributed by atoms with Crippen LogP contribution in [0.1, 0.15) is 6.42 Å². The highest BCUT2D eigenvalue weighted by atomic mass is 32.2. The van der Waals surface area contributed by atoms with Crippen LogP contribution in [0, 0.1) is 11.6 Å². The summed E-state index contributed by atoms with van der Waals surface area (Å²) in [6.07, 6.45) is 0.351. The van der Waals surface area contributed by atoms with Crippen molar-refractivity contribution in [2.45, 2.75) is 6.42 Å². The lowest BCUT2D eigenvalue weighted by Gasteiger charge is -2.26. The minimum absolute atomic E-state index is 0.185. The summed E-state index contributed by atoms with van der Waals surface area (Å²) in [5.74, 6) is -1.47. The first-order valence-corrected chi connectivity index (χ1v) is 5.94. The molecule has 0 aliphatic carbocycles. The normalized spacial score (nSPS) is 16.8. The van der Waals surface area contributed by atoms with E-state index in [1.54, 1.807) is 0 Å². The van der Waals surface area contributed by atoms with Crippen molar-refractivity contribution in [3.05, 3.63) is 29.8 Å². The highest BCUT2D eigenvalue weighted by Gasteiger charge is 2.25. The fourth-order valence-electron chi connectivity index (χ4n) is 1.38. The summed E-state index contributed by atoms with van der Waals surface area (Å²) < 4.78 is 26.1. The van der Waals surface area contributed by atoms with Gasteiger partial charge in [0.1, 0.15) is 4.32 Å². The van der Waals surface area contributed by atoms with Crippen molar-refractivity contribution >= 4 is 39.9 Å².